The summed E-state index contributed by atoms with van der Waals surface area (Å²) in [5.41, 5.74) is 3.69. The van der Waals surface area contributed by atoms with Crippen LogP contribution in [0.5, 0.6) is 11.5 Å². The van der Waals surface area contributed by atoms with Gasteiger partial charge in [-0.15, -0.1) is 23.1 Å². The third-order valence-corrected chi connectivity index (χ3v) is 12.6. The number of phenolic OH excluding ortho intramolecular Hbond substituents is 2. The number of aliphatic carboxylic acids is 2. The number of piperidine rings is 1. The SMILES string of the molecule is CC(C)(O/N=C(\C(=O)C[C@@H]1C(=O)N2C(C(=O)O)=C(C[N+]34CCC(CNC(=O)C(=O)c5cc(O)c(O)c(Cl)c5)(CC3)C4)CS[C@H]12)c1csc(N)n1)C(=O)O. The molecular formula is C33H36ClN6O11S2+. The standard InChI is InChI=1S/C33H35ClN6O11S2/c1-32(2,30(49)50)51-38-22(19-12-53-31(35)37-19)20(41)9-17-27(46)39-23(29(47)48)16(11-52-28(17)39)10-40-5-3-33(14-40,4-6-40)13-36-26(45)24(43)15-7-18(34)25(44)21(42)8-15/h7-8,12,17,28H,3-6,9-11,13-14H2,1-2H3,(H6-,35,36,37,38,41,42,43,44,45,47,48,49,50)/p+1/t17-,28-,33?,40?/m1/s1. The van der Waals surface area contributed by atoms with Gasteiger partial charge in [-0.1, -0.05) is 16.8 Å². The molecule has 4 aliphatic heterocycles. The molecule has 3 saturated heterocycles. The number of quaternary nitrogens is 1. The summed E-state index contributed by atoms with van der Waals surface area (Å²) in [6, 6.07) is 2.06. The molecule has 2 amide bonds. The van der Waals surface area contributed by atoms with Crippen LogP contribution in [0.15, 0.2) is 33.9 Å². The number of phenols is 2. The van der Waals surface area contributed by atoms with Crippen LogP contribution in [0.3, 0.4) is 0 Å². The lowest BCUT2D eigenvalue weighted by molar-refractivity contribution is -0.904. The molecule has 0 radical (unpaired) electrons. The number of nitrogens with zero attached hydrogens (tertiary/aromatic N) is 4. The Bertz CT molecular complexity index is 1980. The van der Waals surface area contributed by atoms with Crippen LogP contribution < -0.4 is 11.1 Å². The molecule has 4 aliphatic rings. The highest BCUT2D eigenvalue weighted by Crippen LogP contribution is 2.49. The zero-order valence-electron chi connectivity index (χ0n) is 28.5. The van der Waals surface area contributed by atoms with Crippen LogP contribution in [0, 0.1) is 11.3 Å². The first-order chi connectivity index (χ1) is 24.9. The Balaban J connectivity index is 1.12. The Kier molecular flexibility index (Phi) is 9.99. The Morgan fingerprint density at radius 2 is 1.89 bits per heavy atom. The number of benzene rings is 1. The van der Waals surface area contributed by atoms with Gasteiger partial charge in [-0.05, 0) is 26.0 Å². The summed E-state index contributed by atoms with van der Waals surface area (Å²) < 4.78 is 0.551. The van der Waals surface area contributed by atoms with E-state index in [1.807, 2.05) is 0 Å². The number of rotatable bonds is 14. The van der Waals surface area contributed by atoms with E-state index in [9.17, 15) is 49.2 Å². The van der Waals surface area contributed by atoms with Crippen molar-refractivity contribution in [1.29, 1.82) is 0 Å². The summed E-state index contributed by atoms with van der Waals surface area (Å²) in [7, 11) is 0. The zero-order valence-corrected chi connectivity index (χ0v) is 30.8. The number of carboxylic acid groups (broad SMARTS) is 2. The fourth-order valence-corrected chi connectivity index (χ4v) is 9.50. The number of aromatic nitrogens is 1. The number of halogens is 1. The highest BCUT2D eigenvalue weighted by molar-refractivity contribution is 8.00. The lowest BCUT2D eigenvalue weighted by Crippen LogP contribution is -2.62. The number of oxime groups is 1. The quantitative estimate of drug-likeness (QED) is 0.0304. The molecule has 1 aromatic carbocycles. The molecule has 7 N–H and O–H groups in total. The number of carbonyl (C=O) groups excluding carboxylic acids is 4. The van der Waals surface area contributed by atoms with E-state index >= 15 is 0 Å². The second kappa shape index (κ2) is 13.9. The van der Waals surface area contributed by atoms with Crippen molar-refractivity contribution in [3.63, 3.8) is 0 Å². The molecule has 6 rings (SSSR count). The molecule has 2 aromatic rings. The maximum atomic E-state index is 13.5. The predicted molar refractivity (Wildman–Crippen MR) is 190 cm³/mol. The van der Waals surface area contributed by atoms with Gasteiger partial charge >= 0.3 is 11.9 Å². The molecular weight excluding hydrogens is 756 g/mol. The molecule has 5 heterocycles. The molecule has 17 nitrogen and oxygen atoms in total. The number of ketones is 2. The second-order valence-corrected chi connectivity index (χ2v) is 16.7. The number of anilines is 1. The number of hydrogen-bond acceptors (Lipinski definition) is 14. The minimum absolute atomic E-state index is 0.0574. The zero-order chi connectivity index (χ0) is 38.6. The van der Waals surface area contributed by atoms with Gasteiger partial charge in [0, 0.05) is 53.5 Å². The number of β-lactam (4-membered cyclic amide) rings is 1. The molecule has 0 aliphatic carbocycles. The monoisotopic (exact) mass is 791 g/mol. The number of nitrogens with one attached hydrogen (secondary N) is 1. The van der Waals surface area contributed by atoms with E-state index in [-0.39, 0.29) is 51.2 Å². The van der Waals surface area contributed by atoms with E-state index < -0.39 is 63.7 Å². The van der Waals surface area contributed by atoms with Gasteiger partial charge in [-0.3, -0.25) is 24.1 Å². The van der Waals surface area contributed by atoms with Crippen LogP contribution in [-0.2, 0) is 28.8 Å². The van der Waals surface area contributed by atoms with Gasteiger partial charge in [0.25, 0.3) is 5.91 Å². The number of carboxylic acids is 2. The number of amides is 2. The summed E-state index contributed by atoms with van der Waals surface area (Å²) in [5, 5.41) is 46.4. The number of hydrogen-bond donors (Lipinski definition) is 6. The largest absolute Gasteiger partial charge is 0.504 e. The number of Topliss-reactive ketones (excluding diaryl/α,β-unsaturated/α-hetero) is 2. The maximum Gasteiger partial charge on any atom is 0.352 e. The van der Waals surface area contributed by atoms with Crippen molar-refractivity contribution in [2.45, 2.75) is 44.1 Å². The summed E-state index contributed by atoms with van der Waals surface area (Å²) in [4.78, 5) is 87.2. The smallest absolute Gasteiger partial charge is 0.352 e. The Morgan fingerprint density at radius 3 is 2.49 bits per heavy atom. The third-order valence-electron chi connectivity index (χ3n) is 10.2. The van der Waals surface area contributed by atoms with Gasteiger partial charge in [0.15, 0.2) is 28.1 Å². The number of thioether (sulfide) groups is 1. The van der Waals surface area contributed by atoms with E-state index in [2.05, 4.69) is 15.5 Å². The van der Waals surface area contributed by atoms with Crippen molar-refractivity contribution in [3.8, 4) is 11.5 Å². The summed E-state index contributed by atoms with van der Waals surface area (Å²) in [6.07, 6.45) is 1.08. The fourth-order valence-electron chi connectivity index (χ4n) is 7.33. The van der Waals surface area contributed by atoms with Crippen molar-refractivity contribution in [2.75, 3.05) is 44.2 Å². The number of nitrogen functional groups attached to an aromatic ring is 1. The molecule has 53 heavy (non-hydrogen) atoms. The van der Waals surface area contributed by atoms with Crippen molar-refractivity contribution in [2.24, 2.45) is 16.5 Å². The van der Waals surface area contributed by atoms with Crippen LogP contribution >= 0.6 is 34.7 Å². The lowest BCUT2D eigenvalue weighted by atomic mass is 9.84. The average Bonchev–Trinajstić information content (AvgIpc) is 3.81. The Hall–Kier alpha value is -4.72. The average molecular weight is 792 g/mol. The van der Waals surface area contributed by atoms with Crippen molar-refractivity contribution < 1.29 is 58.5 Å². The van der Waals surface area contributed by atoms with Gasteiger partial charge in [-0.25, -0.2) is 14.6 Å². The molecule has 0 spiro atoms. The van der Waals surface area contributed by atoms with E-state index in [1.165, 1.54) is 35.9 Å². The first-order valence-electron chi connectivity index (χ1n) is 16.4. The number of carbonyl (C=O) groups is 6. The van der Waals surface area contributed by atoms with Crippen molar-refractivity contribution >= 4 is 80.9 Å². The van der Waals surface area contributed by atoms with Gasteiger partial charge in [0.2, 0.25) is 17.3 Å². The van der Waals surface area contributed by atoms with Crippen molar-refractivity contribution in [3.05, 3.63) is 45.1 Å². The van der Waals surface area contributed by atoms with Crippen LogP contribution in [0.4, 0.5) is 5.13 Å². The van der Waals surface area contributed by atoms with Gasteiger partial charge < -0.3 is 40.8 Å². The Labute approximate surface area is 315 Å². The van der Waals surface area contributed by atoms with Crippen LogP contribution in [0.1, 0.15) is 49.2 Å². The molecule has 1 aromatic heterocycles. The summed E-state index contributed by atoms with van der Waals surface area (Å²) in [6.45, 7) is 5.09. The summed E-state index contributed by atoms with van der Waals surface area (Å²) in [5.74, 6) is -7.38. The number of aromatic hydroxyl groups is 2. The highest BCUT2D eigenvalue weighted by Gasteiger charge is 2.58. The van der Waals surface area contributed by atoms with Crippen LogP contribution in [-0.4, -0.2) is 125 Å². The Morgan fingerprint density at radius 1 is 1.19 bits per heavy atom. The van der Waals surface area contributed by atoms with E-state index in [0.717, 1.165) is 23.5 Å². The molecule has 0 saturated carbocycles. The third kappa shape index (κ3) is 7.17. The number of fused-ring (bicyclic) bond motifs is 3. The molecule has 282 valence electrons. The van der Waals surface area contributed by atoms with Crippen LogP contribution in [0.25, 0.3) is 0 Å². The molecule has 2 atom stereocenters. The minimum Gasteiger partial charge on any atom is -0.504 e. The maximum absolute atomic E-state index is 13.5. The first-order valence-corrected chi connectivity index (χ1v) is 18.7. The number of nitrogens with two attached hydrogens (primary N) is 1. The second-order valence-electron chi connectivity index (χ2n) is 14.3. The van der Waals surface area contributed by atoms with E-state index in [0.29, 0.717) is 54.8 Å². The fraction of sp³-hybridized carbons (Fsp3) is 0.455. The van der Waals surface area contributed by atoms with Gasteiger partial charge in [-0.2, -0.15) is 0 Å². The van der Waals surface area contributed by atoms with E-state index in [4.69, 9.17) is 22.2 Å². The first kappa shape index (κ1) is 38.0. The molecule has 2 bridgehead atoms. The van der Waals surface area contributed by atoms with E-state index in [1.54, 1.807) is 0 Å². The number of thiazole rings is 1. The molecule has 20 heteroatoms. The topological polar surface area (TPSA) is 259 Å². The predicted octanol–water partition coefficient (Wildman–Crippen LogP) is 1.81. The summed E-state index contributed by atoms with van der Waals surface area (Å²) >= 11 is 8.23. The molecule has 0 unspecified atom stereocenters. The normalized spacial score (nSPS) is 25.2. The minimum atomic E-state index is -1.77. The molecule has 3 fully saturated rings. The highest BCUT2D eigenvalue weighted by atomic mass is 35.5. The van der Waals surface area contributed by atoms with Gasteiger partial charge in [0.05, 0.1) is 35.9 Å². The van der Waals surface area contributed by atoms with Crippen molar-refractivity contribution in [1.82, 2.24) is 15.2 Å². The van der Waals surface area contributed by atoms with Crippen LogP contribution in [0.2, 0.25) is 5.02 Å². The van der Waals surface area contributed by atoms with Gasteiger partial charge in [0.1, 0.15) is 17.9 Å². The lowest BCUT2D eigenvalue weighted by Gasteiger charge is -2.50.